The smallest absolute Gasteiger partial charge is 0.0897 e. The molecule has 0 heterocycles. The zero-order valence-corrected chi connectivity index (χ0v) is 11.8. The van der Waals surface area contributed by atoms with Crippen LogP contribution in [0.15, 0.2) is 0 Å². The molecule has 0 aromatic rings. The SMILES string of the molecule is COCC(C)OCC(O)CNCC(C)N(C)C. The minimum atomic E-state index is -0.469. The van der Waals surface area contributed by atoms with E-state index in [-0.39, 0.29) is 6.10 Å². The fourth-order valence-electron chi connectivity index (χ4n) is 1.26. The number of aliphatic hydroxyl groups is 1. The van der Waals surface area contributed by atoms with Crippen LogP contribution < -0.4 is 5.32 Å². The van der Waals surface area contributed by atoms with E-state index in [0.29, 0.717) is 25.8 Å². The fourth-order valence-corrected chi connectivity index (χ4v) is 1.26. The van der Waals surface area contributed by atoms with E-state index >= 15 is 0 Å². The number of methoxy groups -OCH3 is 1. The number of rotatable bonds is 10. The van der Waals surface area contributed by atoms with Gasteiger partial charge in [-0.1, -0.05) is 0 Å². The van der Waals surface area contributed by atoms with Crippen molar-refractivity contribution in [3.05, 3.63) is 0 Å². The first kappa shape index (κ1) is 16.8. The largest absolute Gasteiger partial charge is 0.389 e. The third kappa shape index (κ3) is 9.50. The number of hydrogen-bond acceptors (Lipinski definition) is 5. The zero-order chi connectivity index (χ0) is 13.3. The van der Waals surface area contributed by atoms with Gasteiger partial charge in [-0.3, -0.25) is 0 Å². The van der Waals surface area contributed by atoms with Gasteiger partial charge in [-0.2, -0.15) is 0 Å². The van der Waals surface area contributed by atoms with E-state index in [1.807, 2.05) is 21.0 Å². The van der Waals surface area contributed by atoms with Gasteiger partial charge in [0.15, 0.2) is 0 Å². The van der Waals surface area contributed by atoms with Gasteiger partial charge in [0, 0.05) is 26.2 Å². The normalized spacial score (nSPS) is 17.1. The second-order valence-corrected chi connectivity index (χ2v) is 4.72. The first-order valence-corrected chi connectivity index (χ1v) is 6.13. The topological polar surface area (TPSA) is 54.0 Å². The summed E-state index contributed by atoms with van der Waals surface area (Å²) in [6.45, 7) is 6.37. The van der Waals surface area contributed by atoms with E-state index in [4.69, 9.17) is 9.47 Å². The number of aliphatic hydroxyl groups excluding tert-OH is 1. The lowest BCUT2D eigenvalue weighted by Gasteiger charge is -2.21. The molecular weight excluding hydrogens is 220 g/mol. The first-order valence-electron chi connectivity index (χ1n) is 6.13. The van der Waals surface area contributed by atoms with E-state index in [1.54, 1.807) is 7.11 Å². The first-order chi connectivity index (χ1) is 7.97. The van der Waals surface area contributed by atoms with Gasteiger partial charge in [0.1, 0.15) is 0 Å². The molecule has 0 spiro atoms. The van der Waals surface area contributed by atoms with E-state index in [0.717, 1.165) is 6.54 Å². The lowest BCUT2D eigenvalue weighted by atomic mass is 10.3. The Morgan fingerprint density at radius 1 is 1.18 bits per heavy atom. The van der Waals surface area contributed by atoms with Gasteiger partial charge in [0.05, 0.1) is 25.4 Å². The Bertz CT molecular complexity index is 179. The molecule has 104 valence electrons. The summed E-state index contributed by atoms with van der Waals surface area (Å²) >= 11 is 0. The van der Waals surface area contributed by atoms with Gasteiger partial charge in [0.25, 0.3) is 0 Å². The van der Waals surface area contributed by atoms with Crippen molar-refractivity contribution in [2.75, 3.05) is 47.5 Å². The molecule has 0 aromatic heterocycles. The van der Waals surface area contributed by atoms with Crippen molar-refractivity contribution in [1.29, 1.82) is 0 Å². The van der Waals surface area contributed by atoms with E-state index in [1.165, 1.54) is 0 Å². The standard InChI is InChI=1S/C12H28N2O3/c1-10(14(3)4)6-13-7-12(15)9-17-11(2)8-16-5/h10-13,15H,6-9H2,1-5H3. The minimum Gasteiger partial charge on any atom is -0.389 e. The zero-order valence-electron chi connectivity index (χ0n) is 11.8. The van der Waals surface area contributed by atoms with Crippen LogP contribution in [0.5, 0.6) is 0 Å². The van der Waals surface area contributed by atoms with Gasteiger partial charge < -0.3 is 24.8 Å². The summed E-state index contributed by atoms with van der Waals surface area (Å²) in [5.74, 6) is 0. The Balaban J connectivity index is 3.49. The molecule has 2 N–H and O–H groups in total. The molecule has 5 heteroatoms. The number of hydrogen-bond donors (Lipinski definition) is 2. The maximum absolute atomic E-state index is 9.68. The monoisotopic (exact) mass is 248 g/mol. The Kier molecular flexibility index (Phi) is 9.68. The van der Waals surface area contributed by atoms with Crippen LogP contribution in [0.4, 0.5) is 0 Å². The van der Waals surface area contributed by atoms with Crippen LogP contribution in [-0.4, -0.2) is 75.8 Å². The van der Waals surface area contributed by atoms with Crippen molar-refractivity contribution in [3.8, 4) is 0 Å². The quantitative estimate of drug-likeness (QED) is 0.567. The van der Waals surface area contributed by atoms with Crippen LogP contribution in [0.2, 0.25) is 0 Å². The Labute approximate surface area is 105 Å². The van der Waals surface area contributed by atoms with Crippen molar-refractivity contribution in [1.82, 2.24) is 10.2 Å². The Morgan fingerprint density at radius 3 is 2.35 bits per heavy atom. The molecule has 3 atom stereocenters. The van der Waals surface area contributed by atoms with E-state index in [9.17, 15) is 5.11 Å². The van der Waals surface area contributed by atoms with Crippen molar-refractivity contribution in [2.45, 2.75) is 32.1 Å². The van der Waals surface area contributed by atoms with Crippen LogP contribution in [0.1, 0.15) is 13.8 Å². The molecule has 0 fully saturated rings. The van der Waals surface area contributed by atoms with Crippen molar-refractivity contribution >= 4 is 0 Å². The molecule has 0 aromatic carbocycles. The third-order valence-electron chi connectivity index (χ3n) is 2.68. The molecule has 0 aliphatic carbocycles. The average molecular weight is 248 g/mol. The van der Waals surface area contributed by atoms with Gasteiger partial charge in [-0.15, -0.1) is 0 Å². The molecule has 0 amide bonds. The molecule has 5 nitrogen and oxygen atoms in total. The van der Waals surface area contributed by atoms with E-state index in [2.05, 4.69) is 17.1 Å². The number of likely N-dealkylation sites (N-methyl/N-ethyl adjacent to an activating group) is 1. The molecule has 3 unspecified atom stereocenters. The summed E-state index contributed by atoms with van der Waals surface area (Å²) in [6.07, 6.45) is -0.445. The molecule has 0 saturated carbocycles. The molecule has 0 rings (SSSR count). The summed E-state index contributed by atoms with van der Waals surface area (Å²) in [7, 11) is 5.72. The third-order valence-corrected chi connectivity index (χ3v) is 2.68. The number of nitrogens with one attached hydrogen (secondary N) is 1. The molecule has 0 aliphatic rings. The second kappa shape index (κ2) is 9.79. The lowest BCUT2D eigenvalue weighted by molar-refractivity contribution is -0.0312. The average Bonchev–Trinajstić information content (AvgIpc) is 2.26. The summed E-state index contributed by atoms with van der Waals surface area (Å²) < 4.78 is 10.4. The summed E-state index contributed by atoms with van der Waals surface area (Å²) in [5, 5.41) is 12.9. The van der Waals surface area contributed by atoms with Crippen molar-refractivity contribution in [3.63, 3.8) is 0 Å². The summed E-state index contributed by atoms with van der Waals surface area (Å²) in [5.41, 5.74) is 0. The highest BCUT2D eigenvalue weighted by Gasteiger charge is 2.09. The number of nitrogens with zero attached hydrogens (tertiary/aromatic N) is 1. The van der Waals surface area contributed by atoms with Crippen molar-refractivity contribution in [2.24, 2.45) is 0 Å². The molecule has 17 heavy (non-hydrogen) atoms. The molecular formula is C12H28N2O3. The van der Waals surface area contributed by atoms with Gasteiger partial charge in [-0.25, -0.2) is 0 Å². The van der Waals surface area contributed by atoms with Crippen LogP contribution >= 0.6 is 0 Å². The highest BCUT2D eigenvalue weighted by molar-refractivity contribution is 4.66. The van der Waals surface area contributed by atoms with Crippen LogP contribution in [0, 0.1) is 0 Å². The minimum absolute atomic E-state index is 0.0235. The highest BCUT2D eigenvalue weighted by Crippen LogP contribution is 1.94. The highest BCUT2D eigenvalue weighted by atomic mass is 16.5. The van der Waals surface area contributed by atoms with Crippen molar-refractivity contribution < 1.29 is 14.6 Å². The van der Waals surface area contributed by atoms with Gasteiger partial charge >= 0.3 is 0 Å². The van der Waals surface area contributed by atoms with E-state index < -0.39 is 6.10 Å². The van der Waals surface area contributed by atoms with Crippen LogP contribution in [0.25, 0.3) is 0 Å². The molecule has 0 bridgehead atoms. The Morgan fingerprint density at radius 2 is 1.82 bits per heavy atom. The molecule has 0 radical (unpaired) electrons. The summed E-state index contributed by atoms with van der Waals surface area (Å²) in [6, 6.07) is 0.454. The van der Waals surface area contributed by atoms with Crippen LogP contribution in [0.3, 0.4) is 0 Å². The maximum atomic E-state index is 9.68. The molecule has 0 saturated heterocycles. The maximum Gasteiger partial charge on any atom is 0.0897 e. The summed E-state index contributed by atoms with van der Waals surface area (Å²) in [4.78, 5) is 2.14. The second-order valence-electron chi connectivity index (χ2n) is 4.72. The van der Waals surface area contributed by atoms with Gasteiger partial charge in [-0.05, 0) is 27.9 Å². The number of ether oxygens (including phenoxy) is 2. The van der Waals surface area contributed by atoms with Gasteiger partial charge in [0.2, 0.25) is 0 Å². The molecule has 0 aliphatic heterocycles. The fraction of sp³-hybridized carbons (Fsp3) is 1.00. The predicted molar refractivity (Wildman–Crippen MR) is 69.3 cm³/mol. The lowest BCUT2D eigenvalue weighted by Crippen LogP contribution is -2.40. The van der Waals surface area contributed by atoms with Crippen LogP contribution in [-0.2, 0) is 9.47 Å². The predicted octanol–water partition coefficient (Wildman–Crippen LogP) is -0.0615. The Hall–Kier alpha value is -0.200.